The Morgan fingerprint density at radius 3 is 2.75 bits per heavy atom. The van der Waals surface area contributed by atoms with Gasteiger partial charge in [-0.05, 0) is 6.92 Å². The number of nitrogens with zero attached hydrogens (tertiary/aromatic N) is 3. The van der Waals surface area contributed by atoms with Crippen LogP contribution in [0.25, 0.3) is 5.78 Å². The number of hydrogen-bond acceptors (Lipinski definition) is 4. The summed E-state index contributed by atoms with van der Waals surface area (Å²) in [5, 5.41) is 11.6. The van der Waals surface area contributed by atoms with Crippen molar-refractivity contribution in [1.82, 2.24) is 19.6 Å². The van der Waals surface area contributed by atoms with Crippen LogP contribution in [0.3, 0.4) is 0 Å². The molecule has 2 aromatic heterocycles. The van der Waals surface area contributed by atoms with Crippen LogP contribution in [0, 0.1) is 6.92 Å². The average Bonchev–Trinajstić information content (AvgIpc) is 2.60. The lowest BCUT2D eigenvalue weighted by atomic mass is 10.2. The van der Waals surface area contributed by atoms with Gasteiger partial charge in [0, 0.05) is 6.42 Å². The summed E-state index contributed by atoms with van der Waals surface area (Å²) in [5.74, 6) is -0.493. The van der Waals surface area contributed by atoms with Crippen LogP contribution in [0.1, 0.15) is 28.8 Å². The maximum absolute atomic E-state index is 11.8. The fraction of sp³-hybridized carbons (Fsp3) is 0.333. The minimum atomic E-state index is -1.28. The van der Waals surface area contributed by atoms with Gasteiger partial charge in [-0.15, -0.1) is 0 Å². The van der Waals surface area contributed by atoms with Crippen molar-refractivity contribution in [1.29, 1.82) is 0 Å². The summed E-state index contributed by atoms with van der Waals surface area (Å²) in [7, 11) is 0. The van der Waals surface area contributed by atoms with Crippen molar-refractivity contribution in [2.24, 2.45) is 0 Å². The zero-order valence-electron chi connectivity index (χ0n) is 8.81. The molecule has 0 saturated carbocycles. The van der Waals surface area contributed by atoms with Crippen LogP contribution in [0.15, 0.2) is 4.79 Å². The van der Waals surface area contributed by atoms with Gasteiger partial charge in [-0.3, -0.25) is 9.89 Å². The fourth-order valence-corrected chi connectivity index (χ4v) is 1.47. The van der Waals surface area contributed by atoms with Crippen LogP contribution in [0.5, 0.6) is 0 Å². The molecule has 0 fully saturated rings. The lowest BCUT2D eigenvalue weighted by Gasteiger charge is -1.98. The summed E-state index contributed by atoms with van der Waals surface area (Å²) in [6.07, 6.45) is 0.615. The van der Waals surface area contributed by atoms with E-state index in [9.17, 15) is 9.59 Å². The number of H-pyrrole nitrogens is 1. The molecule has 2 aromatic rings. The SMILES string of the molecule is CCc1nc2nc(C)c(C(=O)O)c(=O)n2[nH]1. The molecule has 0 atom stereocenters. The number of aromatic amines is 1. The molecule has 0 bridgehead atoms. The van der Waals surface area contributed by atoms with Crippen LogP contribution in [-0.2, 0) is 6.42 Å². The van der Waals surface area contributed by atoms with Gasteiger partial charge in [-0.25, -0.2) is 9.78 Å². The minimum Gasteiger partial charge on any atom is -0.477 e. The van der Waals surface area contributed by atoms with Crippen molar-refractivity contribution in [2.45, 2.75) is 20.3 Å². The molecule has 0 radical (unpaired) electrons. The predicted octanol–water partition coefficient (Wildman–Crippen LogP) is -0.0134. The van der Waals surface area contributed by atoms with Gasteiger partial charge in [-0.2, -0.15) is 9.50 Å². The Morgan fingerprint density at radius 1 is 1.50 bits per heavy atom. The first-order valence-corrected chi connectivity index (χ1v) is 4.76. The minimum absolute atomic E-state index is 0.173. The second-order valence-electron chi connectivity index (χ2n) is 3.34. The summed E-state index contributed by atoms with van der Waals surface area (Å²) in [6, 6.07) is 0. The molecule has 16 heavy (non-hydrogen) atoms. The van der Waals surface area contributed by atoms with Crippen molar-refractivity contribution in [3.05, 3.63) is 27.4 Å². The van der Waals surface area contributed by atoms with E-state index >= 15 is 0 Å². The second kappa shape index (κ2) is 3.44. The van der Waals surface area contributed by atoms with Gasteiger partial charge in [0.2, 0.25) is 0 Å². The standard InChI is InChI=1S/C9H10N4O3/c1-3-5-11-9-10-4(2)6(8(15)16)7(14)13(9)12-5/h3H2,1-2H3,(H,15,16)(H,10,11,12). The third-order valence-electron chi connectivity index (χ3n) is 2.27. The topological polar surface area (TPSA) is 100 Å². The first-order valence-electron chi connectivity index (χ1n) is 4.76. The van der Waals surface area contributed by atoms with Crippen LogP contribution in [0.4, 0.5) is 0 Å². The number of aromatic carboxylic acids is 1. The Balaban J connectivity index is 2.87. The van der Waals surface area contributed by atoms with Crippen LogP contribution in [0.2, 0.25) is 0 Å². The van der Waals surface area contributed by atoms with E-state index in [0.717, 1.165) is 4.52 Å². The van der Waals surface area contributed by atoms with Gasteiger partial charge >= 0.3 is 5.97 Å². The molecule has 7 heteroatoms. The number of carboxylic acid groups (broad SMARTS) is 1. The number of nitrogens with one attached hydrogen (secondary N) is 1. The Morgan fingerprint density at radius 2 is 2.19 bits per heavy atom. The molecule has 0 spiro atoms. The Bertz CT molecular complexity index is 625. The van der Waals surface area contributed by atoms with E-state index in [1.54, 1.807) is 0 Å². The summed E-state index contributed by atoms with van der Waals surface area (Å²) >= 11 is 0. The maximum atomic E-state index is 11.8. The van der Waals surface area contributed by atoms with Gasteiger partial charge in [0.1, 0.15) is 11.4 Å². The molecule has 7 nitrogen and oxygen atoms in total. The number of fused-ring (bicyclic) bond motifs is 1. The zero-order valence-corrected chi connectivity index (χ0v) is 8.81. The zero-order chi connectivity index (χ0) is 11.9. The Hall–Kier alpha value is -2.18. The van der Waals surface area contributed by atoms with E-state index < -0.39 is 11.5 Å². The lowest BCUT2D eigenvalue weighted by Crippen LogP contribution is -2.25. The number of aromatic nitrogens is 4. The number of aryl methyl sites for hydroxylation is 2. The predicted molar refractivity (Wildman–Crippen MR) is 54.7 cm³/mol. The van der Waals surface area contributed by atoms with E-state index in [1.165, 1.54) is 6.92 Å². The highest BCUT2D eigenvalue weighted by Crippen LogP contribution is 2.02. The molecule has 0 aliphatic carbocycles. The molecule has 0 unspecified atom stereocenters. The monoisotopic (exact) mass is 222 g/mol. The molecule has 0 aliphatic heterocycles. The molecular formula is C9H10N4O3. The maximum Gasteiger partial charge on any atom is 0.343 e. The highest BCUT2D eigenvalue weighted by molar-refractivity contribution is 5.88. The first kappa shape index (κ1) is 10.3. The molecule has 0 saturated heterocycles. The summed E-state index contributed by atoms with van der Waals surface area (Å²) in [4.78, 5) is 30.7. The Labute approximate surface area is 89.8 Å². The van der Waals surface area contributed by atoms with Crippen molar-refractivity contribution in [3.8, 4) is 0 Å². The van der Waals surface area contributed by atoms with Crippen LogP contribution < -0.4 is 5.56 Å². The number of carboxylic acids is 1. The van der Waals surface area contributed by atoms with E-state index in [0.29, 0.717) is 12.2 Å². The van der Waals surface area contributed by atoms with E-state index in [2.05, 4.69) is 15.1 Å². The fourth-order valence-electron chi connectivity index (χ4n) is 1.47. The van der Waals surface area contributed by atoms with Gasteiger partial charge in [-0.1, -0.05) is 6.92 Å². The largest absolute Gasteiger partial charge is 0.477 e. The van der Waals surface area contributed by atoms with Gasteiger partial charge in [0.15, 0.2) is 0 Å². The third kappa shape index (κ3) is 1.37. The molecule has 0 aromatic carbocycles. The quantitative estimate of drug-likeness (QED) is 0.744. The molecule has 84 valence electrons. The normalized spacial score (nSPS) is 10.9. The van der Waals surface area contributed by atoms with Gasteiger partial charge in [0.25, 0.3) is 11.3 Å². The molecular weight excluding hydrogens is 212 g/mol. The summed E-state index contributed by atoms with van der Waals surface area (Å²) in [6.45, 7) is 3.35. The summed E-state index contributed by atoms with van der Waals surface area (Å²) in [5.41, 5.74) is -0.794. The van der Waals surface area contributed by atoms with Gasteiger partial charge < -0.3 is 5.11 Å². The van der Waals surface area contributed by atoms with E-state index in [1.807, 2.05) is 6.92 Å². The number of carbonyl (C=O) groups is 1. The second-order valence-corrected chi connectivity index (χ2v) is 3.34. The molecule has 0 amide bonds. The first-order chi connectivity index (χ1) is 7.54. The molecule has 2 N–H and O–H groups in total. The van der Waals surface area contributed by atoms with Crippen LogP contribution in [-0.4, -0.2) is 30.7 Å². The van der Waals surface area contributed by atoms with Crippen molar-refractivity contribution < 1.29 is 9.90 Å². The highest BCUT2D eigenvalue weighted by atomic mass is 16.4. The van der Waals surface area contributed by atoms with Gasteiger partial charge in [0.05, 0.1) is 5.69 Å². The highest BCUT2D eigenvalue weighted by Gasteiger charge is 2.17. The third-order valence-corrected chi connectivity index (χ3v) is 2.27. The molecule has 2 heterocycles. The van der Waals surface area contributed by atoms with E-state index in [4.69, 9.17) is 5.11 Å². The smallest absolute Gasteiger partial charge is 0.343 e. The van der Waals surface area contributed by atoms with Crippen molar-refractivity contribution in [3.63, 3.8) is 0 Å². The molecule has 2 rings (SSSR count). The average molecular weight is 222 g/mol. The summed E-state index contributed by atoms with van der Waals surface area (Å²) < 4.78 is 1.05. The van der Waals surface area contributed by atoms with Crippen molar-refractivity contribution >= 4 is 11.7 Å². The number of hydrogen-bond donors (Lipinski definition) is 2. The van der Waals surface area contributed by atoms with Crippen molar-refractivity contribution in [2.75, 3.05) is 0 Å². The number of rotatable bonds is 2. The lowest BCUT2D eigenvalue weighted by molar-refractivity contribution is 0.0693. The Kier molecular flexibility index (Phi) is 2.22. The van der Waals surface area contributed by atoms with E-state index in [-0.39, 0.29) is 17.0 Å². The van der Waals surface area contributed by atoms with Crippen LogP contribution >= 0.6 is 0 Å². The molecule has 0 aliphatic rings.